The number of nitrogens with one attached hydrogen (secondary N) is 1. The average molecular weight is 249 g/mol. The van der Waals surface area contributed by atoms with E-state index in [2.05, 4.69) is 19.2 Å². The molecule has 2 heteroatoms. The molecule has 1 fully saturated rings. The van der Waals surface area contributed by atoms with E-state index in [1.165, 1.54) is 19.3 Å². The fourth-order valence-electron chi connectivity index (χ4n) is 3.28. The summed E-state index contributed by atoms with van der Waals surface area (Å²) in [6.45, 7) is 7.32. The van der Waals surface area contributed by atoms with Crippen LogP contribution < -0.4 is 5.32 Å². The topological polar surface area (TPSA) is 12.0 Å². The van der Waals surface area contributed by atoms with Crippen LogP contribution in [0.15, 0.2) is 18.2 Å². The van der Waals surface area contributed by atoms with Crippen molar-refractivity contribution in [2.24, 2.45) is 11.8 Å². The van der Waals surface area contributed by atoms with Crippen LogP contribution in [0.25, 0.3) is 0 Å². The van der Waals surface area contributed by atoms with Crippen molar-refractivity contribution in [2.75, 3.05) is 6.54 Å². The molecule has 0 radical (unpaired) electrons. The molecule has 3 atom stereocenters. The van der Waals surface area contributed by atoms with Gasteiger partial charge in [0, 0.05) is 11.6 Å². The van der Waals surface area contributed by atoms with Crippen molar-refractivity contribution < 1.29 is 4.39 Å². The second-order valence-electron chi connectivity index (χ2n) is 5.63. The molecule has 1 aliphatic rings. The third kappa shape index (κ3) is 2.74. The Morgan fingerprint density at radius 1 is 1.39 bits per heavy atom. The normalized spacial score (nSPS) is 25.3. The summed E-state index contributed by atoms with van der Waals surface area (Å²) < 4.78 is 14.1. The molecule has 0 amide bonds. The van der Waals surface area contributed by atoms with Gasteiger partial charge in [-0.05, 0) is 37.8 Å². The number of halogens is 1. The molecule has 0 bridgehead atoms. The standard InChI is InChI=1S/C16H24FN/c1-4-18-16(13-7-5-6-12(13)3)14-10-11(2)8-9-15(14)17/h8-10,12-13,16,18H,4-7H2,1-3H3. The fourth-order valence-corrected chi connectivity index (χ4v) is 3.28. The van der Waals surface area contributed by atoms with E-state index in [-0.39, 0.29) is 11.9 Å². The van der Waals surface area contributed by atoms with E-state index >= 15 is 0 Å². The van der Waals surface area contributed by atoms with E-state index < -0.39 is 0 Å². The van der Waals surface area contributed by atoms with E-state index in [9.17, 15) is 4.39 Å². The molecule has 1 aromatic rings. The molecule has 0 saturated heterocycles. The Labute approximate surface area is 110 Å². The number of benzene rings is 1. The fraction of sp³-hybridized carbons (Fsp3) is 0.625. The molecule has 3 unspecified atom stereocenters. The van der Waals surface area contributed by atoms with Gasteiger partial charge in [-0.3, -0.25) is 0 Å². The lowest BCUT2D eigenvalue weighted by atomic mass is 9.85. The van der Waals surface area contributed by atoms with Crippen molar-refractivity contribution in [1.29, 1.82) is 0 Å². The Kier molecular flexibility index (Phi) is 4.39. The summed E-state index contributed by atoms with van der Waals surface area (Å²) in [5, 5.41) is 3.50. The zero-order valence-corrected chi connectivity index (χ0v) is 11.7. The first-order valence-electron chi connectivity index (χ1n) is 7.13. The molecule has 1 N–H and O–H groups in total. The molecule has 18 heavy (non-hydrogen) atoms. The van der Waals surface area contributed by atoms with E-state index in [1.54, 1.807) is 6.07 Å². The first kappa shape index (κ1) is 13.5. The molecule has 0 spiro atoms. The van der Waals surface area contributed by atoms with Gasteiger partial charge in [-0.1, -0.05) is 44.4 Å². The predicted molar refractivity (Wildman–Crippen MR) is 74.1 cm³/mol. The van der Waals surface area contributed by atoms with Gasteiger partial charge in [0.05, 0.1) is 0 Å². The van der Waals surface area contributed by atoms with Crippen LogP contribution in [0.5, 0.6) is 0 Å². The van der Waals surface area contributed by atoms with E-state index in [0.717, 1.165) is 17.7 Å². The van der Waals surface area contributed by atoms with Crippen LogP contribution in [0.4, 0.5) is 4.39 Å². The number of hydrogen-bond donors (Lipinski definition) is 1. The van der Waals surface area contributed by atoms with Crippen LogP contribution in [0.1, 0.15) is 50.3 Å². The van der Waals surface area contributed by atoms with Crippen molar-refractivity contribution in [1.82, 2.24) is 5.32 Å². The predicted octanol–water partition coefficient (Wildman–Crippen LogP) is 4.22. The maximum atomic E-state index is 14.1. The Balaban J connectivity index is 2.31. The van der Waals surface area contributed by atoms with Gasteiger partial charge in [-0.25, -0.2) is 4.39 Å². The summed E-state index contributed by atoms with van der Waals surface area (Å²) >= 11 is 0. The van der Waals surface area contributed by atoms with Crippen LogP contribution in [0.2, 0.25) is 0 Å². The highest BCUT2D eigenvalue weighted by Crippen LogP contribution is 2.40. The van der Waals surface area contributed by atoms with Crippen molar-refractivity contribution in [3.63, 3.8) is 0 Å². The van der Waals surface area contributed by atoms with Gasteiger partial charge in [0.15, 0.2) is 0 Å². The number of rotatable bonds is 4. The smallest absolute Gasteiger partial charge is 0.128 e. The summed E-state index contributed by atoms with van der Waals surface area (Å²) in [4.78, 5) is 0. The van der Waals surface area contributed by atoms with Crippen LogP contribution >= 0.6 is 0 Å². The third-order valence-electron chi connectivity index (χ3n) is 4.27. The Morgan fingerprint density at radius 2 is 2.17 bits per heavy atom. The van der Waals surface area contributed by atoms with Crippen molar-refractivity contribution >= 4 is 0 Å². The van der Waals surface area contributed by atoms with Crippen molar-refractivity contribution in [3.8, 4) is 0 Å². The minimum absolute atomic E-state index is 0.0642. The van der Waals surface area contributed by atoms with Gasteiger partial charge < -0.3 is 5.32 Å². The SMILES string of the molecule is CCNC(c1cc(C)ccc1F)C1CCCC1C. The lowest BCUT2D eigenvalue weighted by molar-refractivity contribution is 0.299. The molecular weight excluding hydrogens is 225 g/mol. The van der Waals surface area contributed by atoms with E-state index in [0.29, 0.717) is 11.8 Å². The zero-order chi connectivity index (χ0) is 13.1. The minimum Gasteiger partial charge on any atom is -0.310 e. The molecule has 0 heterocycles. The number of aryl methyl sites for hydroxylation is 1. The lowest BCUT2D eigenvalue weighted by Gasteiger charge is -2.28. The minimum atomic E-state index is -0.0642. The Morgan fingerprint density at radius 3 is 2.78 bits per heavy atom. The van der Waals surface area contributed by atoms with Gasteiger partial charge in [0.25, 0.3) is 0 Å². The van der Waals surface area contributed by atoms with Crippen LogP contribution in [0, 0.1) is 24.6 Å². The quantitative estimate of drug-likeness (QED) is 0.842. The maximum Gasteiger partial charge on any atom is 0.128 e. The summed E-state index contributed by atoms with van der Waals surface area (Å²) in [5.74, 6) is 1.20. The highest BCUT2D eigenvalue weighted by atomic mass is 19.1. The second kappa shape index (κ2) is 5.83. The van der Waals surface area contributed by atoms with E-state index in [4.69, 9.17) is 0 Å². The van der Waals surface area contributed by atoms with Crippen LogP contribution in [0.3, 0.4) is 0 Å². The van der Waals surface area contributed by atoms with Crippen molar-refractivity contribution in [2.45, 2.75) is 46.1 Å². The molecule has 0 aromatic heterocycles. The highest BCUT2D eigenvalue weighted by Gasteiger charge is 2.32. The highest BCUT2D eigenvalue weighted by molar-refractivity contribution is 5.27. The van der Waals surface area contributed by atoms with Crippen LogP contribution in [-0.4, -0.2) is 6.54 Å². The summed E-state index contributed by atoms with van der Waals surface area (Å²) in [5.41, 5.74) is 2.00. The van der Waals surface area contributed by atoms with Crippen molar-refractivity contribution in [3.05, 3.63) is 35.1 Å². The monoisotopic (exact) mass is 249 g/mol. The summed E-state index contributed by atoms with van der Waals surface area (Å²) in [7, 11) is 0. The first-order valence-corrected chi connectivity index (χ1v) is 7.13. The van der Waals surface area contributed by atoms with Gasteiger partial charge in [-0.2, -0.15) is 0 Å². The Hall–Kier alpha value is -0.890. The van der Waals surface area contributed by atoms with Gasteiger partial charge in [0.1, 0.15) is 5.82 Å². The second-order valence-corrected chi connectivity index (χ2v) is 5.63. The largest absolute Gasteiger partial charge is 0.310 e. The average Bonchev–Trinajstić information content (AvgIpc) is 2.76. The lowest BCUT2D eigenvalue weighted by Crippen LogP contribution is -2.30. The molecule has 1 nitrogen and oxygen atoms in total. The van der Waals surface area contributed by atoms with Gasteiger partial charge in [0.2, 0.25) is 0 Å². The van der Waals surface area contributed by atoms with E-state index in [1.807, 2.05) is 19.1 Å². The molecular formula is C16H24FN. The summed E-state index contributed by atoms with van der Waals surface area (Å²) in [6.07, 6.45) is 3.77. The molecule has 1 saturated carbocycles. The molecule has 2 rings (SSSR count). The van der Waals surface area contributed by atoms with Gasteiger partial charge in [-0.15, -0.1) is 0 Å². The molecule has 100 valence electrons. The Bertz CT molecular complexity index is 402. The maximum absolute atomic E-state index is 14.1. The number of hydrogen-bond acceptors (Lipinski definition) is 1. The first-order chi connectivity index (χ1) is 8.63. The molecule has 1 aromatic carbocycles. The molecule has 1 aliphatic carbocycles. The zero-order valence-electron chi connectivity index (χ0n) is 11.7. The summed E-state index contributed by atoms with van der Waals surface area (Å²) in [6, 6.07) is 5.63. The van der Waals surface area contributed by atoms with Crippen LogP contribution in [-0.2, 0) is 0 Å². The molecule has 0 aliphatic heterocycles. The third-order valence-corrected chi connectivity index (χ3v) is 4.27. The van der Waals surface area contributed by atoms with Gasteiger partial charge >= 0.3 is 0 Å².